The van der Waals surface area contributed by atoms with Gasteiger partial charge in [0.25, 0.3) is 0 Å². The van der Waals surface area contributed by atoms with Gasteiger partial charge in [0.15, 0.2) is 5.79 Å². The smallest absolute Gasteiger partial charge is 0.175 e. The van der Waals surface area contributed by atoms with E-state index in [9.17, 15) is 0 Å². The normalized spacial score (nSPS) is 60.4. The van der Waals surface area contributed by atoms with Crippen LogP contribution < -0.4 is 0 Å². The Labute approximate surface area is 129 Å². The van der Waals surface area contributed by atoms with Crippen molar-refractivity contribution in [1.82, 2.24) is 0 Å². The summed E-state index contributed by atoms with van der Waals surface area (Å²) >= 11 is 0. The summed E-state index contributed by atoms with van der Waals surface area (Å²) < 4.78 is 13.8. The van der Waals surface area contributed by atoms with E-state index >= 15 is 0 Å². The molecule has 5 aliphatic rings. The zero-order valence-corrected chi connectivity index (χ0v) is 13.9. The molecule has 2 bridgehead atoms. The minimum atomic E-state index is -0.257. The fourth-order valence-corrected chi connectivity index (χ4v) is 7.17. The Morgan fingerprint density at radius 3 is 1.90 bits per heavy atom. The molecule has 0 aromatic rings. The van der Waals surface area contributed by atoms with E-state index in [-0.39, 0.29) is 11.2 Å². The van der Waals surface area contributed by atoms with Crippen LogP contribution in [0.1, 0.15) is 78.6 Å². The summed E-state index contributed by atoms with van der Waals surface area (Å²) in [5, 5.41) is 0. The lowest BCUT2D eigenvalue weighted by Gasteiger charge is -2.57. The Balaban J connectivity index is 1.58. The monoisotopic (exact) mass is 290 g/mol. The molecule has 21 heavy (non-hydrogen) atoms. The highest BCUT2D eigenvalue weighted by molar-refractivity contribution is 5.19. The van der Waals surface area contributed by atoms with E-state index in [2.05, 4.69) is 20.8 Å². The summed E-state index contributed by atoms with van der Waals surface area (Å²) in [4.78, 5) is 0. The maximum atomic E-state index is 6.91. The van der Waals surface area contributed by atoms with Gasteiger partial charge in [-0.05, 0) is 49.9 Å². The number of rotatable bonds is 0. The van der Waals surface area contributed by atoms with Crippen LogP contribution in [0.5, 0.6) is 0 Å². The highest BCUT2D eigenvalue weighted by Crippen LogP contribution is 2.74. The second kappa shape index (κ2) is 3.70. The molecule has 4 aliphatic carbocycles. The molecule has 2 nitrogen and oxygen atoms in total. The van der Waals surface area contributed by atoms with Crippen LogP contribution >= 0.6 is 0 Å². The Morgan fingerprint density at radius 2 is 1.43 bits per heavy atom. The van der Waals surface area contributed by atoms with Crippen molar-refractivity contribution in [3.05, 3.63) is 0 Å². The second-order valence-electron chi connectivity index (χ2n) is 9.48. The maximum absolute atomic E-state index is 6.91. The average Bonchev–Trinajstić information content (AvgIpc) is 3.11. The molecule has 1 saturated heterocycles. The van der Waals surface area contributed by atoms with Crippen molar-refractivity contribution in [3.8, 4) is 0 Å². The zero-order chi connectivity index (χ0) is 14.5. The quantitative estimate of drug-likeness (QED) is 0.645. The van der Waals surface area contributed by atoms with Crippen molar-refractivity contribution in [2.45, 2.75) is 96.6 Å². The fraction of sp³-hybridized carbons (Fsp3) is 1.00. The van der Waals surface area contributed by atoms with Crippen molar-refractivity contribution in [3.63, 3.8) is 0 Å². The van der Waals surface area contributed by atoms with E-state index in [1.807, 2.05) is 0 Å². The van der Waals surface area contributed by atoms with E-state index in [1.165, 1.54) is 51.4 Å². The van der Waals surface area contributed by atoms with E-state index in [4.69, 9.17) is 9.47 Å². The van der Waals surface area contributed by atoms with Crippen molar-refractivity contribution in [2.24, 2.45) is 22.2 Å². The summed E-state index contributed by atoms with van der Waals surface area (Å²) in [5.74, 6) is 0.533. The molecule has 2 spiro atoms. The molecular weight excluding hydrogens is 260 g/mol. The minimum Gasteiger partial charge on any atom is -0.345 e. The van der Waals surface area contributed by atoms with Crippen LogP contribution in [0.2, 0.25) is 0 Å². The number of hydrogen-bond acceptors (Lipinski definition) is 2. The van der Waals surface area contributed by atoms with Crippen molar-refractivity contribution >= 4 is 0 Å². The summed E-state index contributed by atoms with van der Waals surface area (Å²) in [7, 11) is 0. The van der Waals surface area contributed by atoms with Crippen molar-refractivity contribution in [1.29, 1.82) is 0 Å². The SMILES string of the molecule is CC1(C)[C@@H]2CC[C@@]1(C)C1(C2)O[C@@H]2CCCC23CCC[C@H]3O1. The Bertz CT molecular complexity index is 460. The van der Waals surface area contributed by atoms with Gasteiger partial charge in [-0.25, -0.2) is 0 Å². The lowest BCUT2D eigenvalue weighted by atomic mass is 9.67. The molecule has 118 valence electrons. The van der Waals surface area contributed by atoms with Gasteiger partial charge in [-0.2, -0.15) is 0 Å². The molecule has 0 amide bonds. The first-order valence-corrected chi connectivity index (χ1v) is 9.29. The van der Waals surface area contributed by atoms with Gasteiger partial charge in [0.1, 0.15) is 0 Å². The predicted octanol–water partition coefficient (Wildman–Crippen LogP) is 4.67. The van der Waals surface area contributed by atoms with Crippen molar-refractivity contribution in [2.75, 3.05) is 0 Å². The summed E-state index contributed by atoms with van der Waals surface area (Å²) in [6.07, 6.45) is 12.8. The topological polar surface area (TPSA) is 18.5 Å². The second-order valence-corrected chi connectivity index (χ2v) is 9.48. The first kappa shape index (κ1) is 13.4. The highest BCUT2D eigenvalue weighted by Gasteiger charge is 2.75. The number of hydrogen-bond donors (Lipinski definition) is 0. The molecule has 5 fully saturated rings. The summed E-state index contributed by atoms with van der Waals surface area (Å²) in [5.41, 5.74) is 0.972. The first-order chi connectivity index (χ1) is 9.94. The third-order valence-electron chi connectivity index (χ3n) is 8.96. The minimum absolute atomic E-state index is 0.210. The summed E-state index contributed by atoms with van der Waals surface area (Å²) in [6, 6.07) is 0. The van der Waals surface area contributed by atoms with Crippen LogP contribution in [0, 0.1) is 22.2 Å². The average molecular weight is 290 g/mol. The van der Waals surface area contributed by atoms with Gasteiger partial charge in [-0.1, -0.05) is 33.6 Å². The molecular formula is C19H30O2. The van der Waals surface area contributed by atoms with Crippen LogP contribution in [0.3, 0.4) is 0 Å². The molecule has 2 heteroatoms. The number of fused-ring (bicyclic) bond motifs is 3. The summed E-state index contributed by atoms with van der Waals surface area (Å²) in [6.45, 7) is 7.41. The van der Waals surface area contributed by atoms with E-state index in [0.29, 0.717) is 23.0 Å². The predicted molar refractivity (Wildman–Crippen MR) is 81.8 cm³/mol. The van der Waals surface area contributed by atoms with Gasteiger partial charge in [0, 0.05) is 17.3 Å². The van der Waals surface area contributed by atoms with Gasteiger partial charge in [0.2, 0.25) is 0 Å². The molecule has 1 heterocycles. The van der Waals surface area contributed by atoms with Crippen LogP contribution in [-0.2, 0) is 9.47 Å². The lowest BCUT2D eigenvalue weighted by molar-refractivity contribution is -0.390. The van der Waals surface area contributed by atoms with Gasteiger partial charge in [-0.3, -0.25) is 0 Å². The van der Waals surface area contributed by atoms with Crippen LogP contribution in [0.4, 0.5) is 0 Å². The Kier molecular flexibility index (Phi) is 2.35. The molecule has 0 aromatic heterocycles. The molecule has 0 N–H and O–H groups in total. The Morgan fingerprint density at radius 1 is 0.810 bits per heavy atom. The van der Waals surface area contributed by atoms with E-state index in [0.717, 1.165) is 12.3 Å². The standard InChI is InChI=1S/C19H30O2/c1-16(2)13-8-11-17(16,3)19(12-13)20-14-6-4-9-18(14)10-5-7-15(18)21-19/h13-15H,4-12H2,1-3H3/t13-,14-,15-,17-,18?/m1/s1. The largest absolute Gasteiger partial charge is 0.345 e. The molecule has 0 aromatic carbocycles. The molecule has 4 saturated carbocycles. The van der Waals surface area contributed by atoms with Crippen LogP contribution in [-0.4, -0.2) is 18.0 Å². The molecule has 1 aliphatic heterocycles. The number of ether oxygens (including phenoxy) is 2. The van der Waals surface area contributed by atoms with Gasteiger partial charge in [0.05, 0.1) is 12.2 Å². The third kappa shape index (κ3) is 1.27. The molecule has 0 unspecified atom stereocenters. The van der Waals surface area contributed by atoms with Gasteiger partial charge in [-0.15, -0.1) is 0 Å². The van der Waals surface area contributed by atoms with Crippen molar-refractivity contribution < 1.29 is 9.47 Å². The molecule has 0 radical (unpaired) electrons. The van der Waals surface area contributed by atoms with E-state index < -0.39 is 0 Å². The fourth-order valence-electron chi connectivity index (χ4n) is 7.17. The van der Waals surface area contributed by atoms with Gasteiger partial charge >= 0.3 is 0 Å². The van der Waals surface area contributed by atoms with Crippen LogP contribution in [0.15, 0.2) is 0 Å². The third-order valence-corrected chi connectivity index (χ3v) is 8.96. The maximum Gasteiger partial charge on any atom is 0.175 e. The first-order valence-electron chi connectivity index (χ1n) is 9.29. The lowest BCUT2D eigenvalue weighted by Crippen LogP contribution is -2.62. The highest BCUT2D eigenvalue weighted by atomic mass is 16.7. The Hall–Kier alpha value is -0.0800. The van der Waals surface area contributed by atoms with Crippen LogP contribution in [0.25, 0.3) is 0 Å². The van der Waals surface area contributed by atoms with Gasteiger partial charge < -0.3 is 9.47 Å². The zero-order valence-electron chi connectivity index (χ0n) is 13.9. The molecule has 4 atom stereocenters. The molecule has 5 rings (SSSR count). The van der Waals surface area contributed by atoms with E-state index in [1.54, 1.807) is 0 Å².